The Balaban J connectivity index is 0.00000144. The predicted octanol–water partition coefficient (Wildman–Crippen LogP) is 2.50. The van der Waals surface area contributed by atoms with Crippen LogP contribution in [0.3, 0.4) is 0 Å². The second-order valence-corrected chi connectivity index (χ2v) is 4.07. The zero-order valence-electron chi connectivity index (χ0n) is 7.33. The third kappa shape index (κ3) is 3.74. The van der Waals surface area contributed by atoms with Crippen LogP contribution in [0.15, 0.2) is 29.2 Å². The average molecular weight is 206 g/mol. The lowest BCUT2D eigenvalue weighted by Gasteiger charge is -2.08. The number of hydrogen-bond acceptors (Lipinski definition) is 1. The first-order valence-electron chi connectivity index (χ1n) is 3.88. The van der Waals surface area contributed by atoms with Crippen molar-refractivity contribution in [2.75, 3.05) is 5.75 Å². The molecule has 1 atom stereocenters. The highest BCUT2D eigenvalue weighted by Crippen LogP contribution is 2.12. The Morgan fingerprint density at radius 3 is 2.31 bits per heavy atom. The molecule has 1 aromatic carbocycles. The molecule has 1 rings (SSSR count). The van der Waals surface area contributed by atoms with Gasteiger partial charge in [-0.2, -0.15) is 0 Å². The standard InChI is InChI=1S/C9H11FOS.FH/c1-2-7-12(11)9-5-3-8(10)4-6-9;/h3-6H,2,7H2,1H3;1H. The molecule has 13 heavy (non-hydrogen) atoms. The number of rotatable bonds is 3. The normalized spacial score (nSPS) is 11.9. The predicted molar refractivity (Wildman–Crippen MR) is 50.5 cm³/mol. The van der Waals surface area contributed by atoms with Crippen molar-refractivity contribution in [1.82, 2.24) is 0 Å². The van der Waals surface area contributed by atoms with Crippen LogP contribution in [0.2, 0.25) is 0 Å². The molecule has 0 aliphatic heterocycles. The fourth-order valence-electron chi connectivity index (χ4n) is 0.890. The van der Waals surface area contributed by atoms with Crippen molar-refractivity contribution in [3.63, 3.8) is 0 Å². The molecule has 0 saturated carbocycles. The van der Waals surface area contributed by atoms with Crippen LogP contribution < -0.4 is 0 Å². The molecule has 0 saturated heterocycles. The third-order valence-corrected chi connectivity index (χ3v) is 3.04. The van der Waals surface area contributed by atoms with Crippen molar-refractivity contribution in [3.8, 4) is 0 Å². The largest absolute Gasteiger partial charge is 0.611 e. The summed E-state index contributed by atoms with van der Waals surface area (Å²) in [4.78, 5) is 0.707. The quantitative estimate of drug-likeness (QED) is 0.697. The van der Waals surface area contributed by atoms with Crippen molar-refractivity contribution >= 4 is 11.2 Å². The average Bonchev–Trinajstić information content (AvgIpc) is 2.06. The molecule has 1 nitrogen and oxygen atoms in total. The smallest absolute Gasteiger partial charge is 0.152 e. The molecule has 0 heterocycles. The van der Waals surface area contributed by atoms with E-state index in [1.165, 1.54) is 12.1 Å². The van der Waals surface area contributed by atoms with Crippen LogP contribution >= 0.6 is 0 Å². The minimum absolute atomic E-state index is 0. The zero-order chi connectivity index (χ0) is 8.97. The van der Waals surface area contributed by atoms with Crippen LogP contribution in [-0.2, 0) is 11.2 Å². The van der Waals surface area contributed by atoms with Gasteiger partial charge in [0.1, 0.15) is 11.6 Å². The zero-order valence-corrected chi connectivity index (χ0v) is 8.14. The molecule has 0 amide bonds. The Morgan fingerprint density at radius 2 is 1.85 bits per heavy atom. The molecule has 0 N–H and O–H groups in total. The SMILES string of the molecule is CCC[S+]([O-])c1ccc(F)cc1.F. The van der Waals surface area contributed by atoms with Crippen LogP contribution in [0.25, 0.3) is 0 Å². The van der Waals surface area contributed by atoms with E-state index in [1.54, 1.807) is 12.1 Å². The van der Waals surface area contributed by atoms with Crippen LogP contribution in [0.1, 0.15) is 13.3 Å². The Bertz CT molecular complexity index is 238. The molecule has 74 valence electrons. The maximum Gasteiger partial charge on any atom is 0.152 e. The summed E-state index contributed by atoms with van der Waals surface area (Å²) in [5, 5.41) is 0. The molecular weight excluding hydrogens is 194 g/mol. The molecule has 0 aliphatic carbocycles. The third-order valence-electron chi connectivity index (χ3n) is 1.47. The van der Waals surface area contributed by atoms with Gasteiger partial charge in [-0.05, 0) is 41.9 Å². The second-order valence-electron chi connectivity index (χ2n) is 2.50. The molecule has 1 aromatic rings. The topological polar surface area (TPSA) is 23.1 Å². The summed E-state index contributed by atoms with van der Waals surface area (Å²) in [5.74, 6) is 0.360. The molecule has 0 radical (unpaired) electrons. The summed E-state index contributed by atoms with van der Waals surface area (Å²) in [6.07, 6.45) is 0.879. The van der Waals surface area contributed by atoms with Gasteiger partial charge in [-0.1, -0.05) is 6.92 Å². The summed E-state index contributed by atoms with van der Waals surface area (Å²) < 4.78 is 23.8. The fourth-order valence-corrected chi connectivity index (χ4v) is 1.94. The number of hydrogen-bond donors (Lipinski definition) is 0. The van der Waals surface area contributed by atoms with Crippen molar-refractivity contribution in [2.24, 2.45) is 0 Å². The molecule has 0 aromatic heterocycles. The molecule has 0 fully saturated rings. The molecule has 0 bridgehead atoms. The highest BCUT2D eigenvalue weighted by atomic mass is 32.2. The van der Waals surface area contributed by atoms with Gasteiger partial charge in [-0.25, -0.2) is 4.39 Å². The van der Waals surface area contributed by atoms with E-state index in [1.807, 2.05) is 6.92 Å². The summed E-state index contributed by atoms with van der Waals surface area (Å²) >= 11 is -0.958. The minimum atomic E-state index is -0.958. The maximum atomic E-state index is 12.4. The van der Waals surface area contributed by atoms with Crippen LogP contribution in [0.5, 0.6) is 0 Å². The maximum absolute atomic E-state index is 12.4. The monoisotopic (exact) mass is 206 g/mol. The number of benzene rings is 1. The lowest BCUT2D eigenvalue weighted by Crippen LogP contribution is -2.05. The number of halogens is 2. The van der Waals surface area contributed by atoms with Gasteiger partial charge in [0, 0.05) is 0 Å². The molecule has 0 aliphatic rings. The van der Waals surface area contributed by atoms with Gasteiger partial charge in [0.05, 0.1) is 0 Å². The van der Waals surface area contributed by atoms with Gasteiger partial charge < -0.3 is 4.55 Å². The van der Waals surface area contributed by atoms with E-state index in [-0.39, 0.29) is 10.5 Å². The van der Waals surface area contributed by atoms with E-state index in [0.29, 0.717) is 10.6 Å². The van der Waals surface area contributed by atoms with Gasteiger partial charge in [0.15, 0.2) is 4.90 Å². The Morgan fingerprint density at radius 1 is 1.31 bits per heavy atom. The first-order chi connectivity index (χ1) is 5.74. The summed E-state index contributed by atoms with van der Waals surface area (Å²) in [7, 11) is 0. The van der Waals surface area contributed by atoms with Gasteiger partial charge in [-0.3, -0.25) is 4.70 Å². The highest BCUT2D eigenvalue weighted by Gasteiger charge is 2.08. The van der Waals surface area contributed by atoms with E-state index in [9.17, 15) is 8.94 Å². The van der Waals surface area contributed by atoms with Crippen molar-refractivity contribution in [2.45, 2.75) is 18.2 Å². The summed E-state index contributed by atoms with van der Waals surface area (Å²) in [5.41, 5.74) is 0. The van der Waals surface area contributed by atoms with Gasteiger partial charge >= 0.3 is 0 Å². The first-order valence-corrected chi connectivity index (χ1v) is 5.20. The Kier molecular flexibility index (Phi) is 5.66. The molecule has 1 unspecified atom stereocenters. The fraction of sp³-hybridized carbons (Fsp3) is 0.333. The van der Waals surface area contributed by atoms with E-state index in [4.69, 9.17) is 0 Å². The minimum Gasteiger partial charge on any atom is -0.611 e. The highest BCUT2D eigenvalue weighted by molar-refractivity contribution is 7.91. The molecule has 4 heteroatoms. The van der Waals surface area contributed by atoms with E-state index >= 15 is 0 Å². The lowest BCUT2D eigenvalue weighted by atomic mass is 10.4. The van der Waals surface area contributed by atoms with Crippen LogP contribution in [-0.4, -0.2) is 10.3 Å². The van der Waals surface area contributed by atoms with E-state index in [0.717, 1.165) is 6.42 Å². The van der Waals surface area contributed by atoms with E-state index in [2.05, 4.69) is 0 Å². The molecular formula is C9H12F2OS. The lowest BCUT2D eigenvalue weighted by molar-refractivity contribution is 0.592. The first kappa shape index (κ1) is 12.4. The summed E-state index contributed by atoms with van der Waals surface area (Å²) in [6.45, 7) is 1.97. The van der Waals surface area contributed by atoms with Crippen molar-refractivity contribution in [3.05, 3.63) is 30.1 Å². The Hall–Kier alpha value is -0.610. The van der Waals surface area contributed by atoms with E-state index < -0.39 is 11.2 Å². The molecule has 0 spiro atoms. The van der Waals surface area contributed by atoms with Crippen molar-refractivity contribution in [1.29, 1.82) is 0 Å². The van der Waals surface area contributed by atoms with Crippen LogP contribution in [0.4, 0.5) is 9.09 Å². The van der Waals surface area contributed by atoms with Crippen molar-refractivity contribution < 1.29 is 13.6 Å². The second kappa shape index (κ2) is 5.94. The Labute approximate surface area is 79.5 Å². The van der Waals surface area contributed by atoms with Gasteiger partial charge in [-0.15, -0.1) is 0 Å². The van der Waals surface area contributed by atoms with Crippen LogP contribution in [0, 0.1) is 5.82 Å². The van der Waals surface area contributed by atoms with Gasteiger partial charge in [0.25, 0.3) is 0 Å². The van der Waals surface area contributed by atoms with Gasteiger partial charge in [0.2, 0.25) is 0 Å². The summed E-state index contributed by atoms with van der Waals surface area (Å²) in [6, 6.07) is 5.81.